The van der Waals surface area contributed by atoms with Crippen molar-refractivity contribution in [2.75, 3.05) is 0 Å². The van der Waals surface area contributed by atoms with Crippen molar-refractivity contribution in [3.05, 3.63) is 17.3 Å². The average Bonchev–Trinajstić information content (AvgIpc) is 2.41. The van der Waals surface area contributed by atoms with E-state index >= 15 is 0 Å². The molecule has 0 aromatic carbocycles. The highest BCUT2D eigenvalue weighted by Crippen LogP contribution is 2.22. The number of fused-ring (bicyclic) bond motifs is 1. The van der Waals surface area contributed by atoms with E-state index in [1.807, 2.05) is 17.9 Å². The van der Waals surface area contributed by atoms with E-state index in [4.69, 9.17) is 0 Å². The van der Waals surface area contributed by atoms with Gasteiger partial charge in [-0.15, -0.1) is 11.3 Å². The topological polar surface area (TPSA) is 17.8 Å². The Labute approximate surface area is 63.1 Å². The van der Waals surface area contributed by atoms with Gasteiger partial charge in [0.25, 0.3) is 0 Å². The molecule has 0 spiro atoms. The van der Waals surface area contributed by atoms with Crippen LogP contribution in [-0.4, -0.2) is 9.55 Å². The molecule has 0 aliphatic heterocycles. The molecule has 3 heteroatoms. The van der Waals surface area contributed by atoms with Crippen LogP contribution in [0.5, 0.6) is 0 Å². The third-order valence-electron chi connectivity index (χ3n) is 1.60. The van der Waals surface area contributed by atoms with E-state index in [1.54, 1.807) is 11.3 Å². The molecule has 0 aliphatic rings. The first kappa shape index (κ1) is 5.92. The van der Waals surface area contributed by atoms with Gasteiger partial charge in [-0.2, -0.15) is 0 Å². The second-order valence-corrected chi connectivity index (χ2v) is 3.29. The van der Waals surface area contributed by atoms with Crippen molar-refractivity contribution in [1.29, 1.82) is 0 Å². The molecular formula is C7H8N2S. The number of aryl methyl sites for hydroxylation is 2. The van der Waals surface area contributed by atoms with Gasteiger partial charge in [0.15, 0.2) is 0 Å². The first-order valence-electron chi connectivity index (χ1n) is 3.14. The highest BCUT2D eigenvalue weighted by atomic mass is 32.1. The maximum atomic E-state index is 4.25. The summed E-state index contributed by atoms with van der Waals surface area (Å²) in [6.45, 7) is 2.09. The maximum absolute atomic E-state index is 4.25. The Morgan fingerprint density at radius 1 is 1.60 bits per heavy atom. The Morgan fingerprint density at radius 3 is 3.10 bits per heavy atom. The lowest BCUT2D eigenvalue weighted by Gasteiger charge is -1.83. The predicted octanol–water partition coefficient (Wildman–Crippen LogP) is 1.94. The van der Waals surface area contributed by atoms with E-state index in [0.717, 1.165) is 5.52 Å². The predicted molar refractivity (Wildman–Crippen MR) is 43.3 cm³/mol. The second kappa shape index (κ2) is 1.83. The van der Waals surface area contributed by atoms with Crippen molar-refractivity contribution in [3.63, 3.8) is 0 Å². The van der Waals surface area contributed by atoms with Gasteiger partial charge in [0.2, 0.25) is 0 Å². The van der Waals surface area contributed by atoms with Crippen molar-refractivity contribution >= 4 is 21.7 Å². The molecule has 0 bridgehead atoms. The molecule has 0 atom stereocenters. The van der Waals surface area contributed by atoms with Crippen molar-refractivity contribution < 1.29 is 0 Å². The van der Waals surface area contributed by atoms with Crippen LogP contribution >= 0.6 is 11.3 Å². The van der Waals surface area contributed by atoms with Crippen LogP contribution in [-0.2, 0) is 7.05 Å². The first-order valence-corrected chi connectivity index (χ1v) is 4.02. The molecule has 2 rings (SSSR count). The summed E-state index contributed by atoms with van der Waals surface area (Å²) in [5, 5.41) is 2.14. The SMILES string of the molecule is Cc1csc2c1ncn2C. The largest absolute Gasteiger partial charge is 0.325 e. The third kappa shape index (κ3) is 0.609. The standard InChI is InChI=1S/C7H8N2S/c1-5-3-10-7-6(5)8-4-9(7)2/h3-4H,1-2H3. The molecule has 10 heavy (non-hydrogen) atoms. The van der Waals surface area contributed by atoms with Gasteiger partial charge in [0, 0.05) is 7.05 Å². The number of thiophene rings is 1. The van der Waals surface area contributed by atoms with Crippen LogP contribution < -0.4 is 0 Å². The van der Waals surface area contributed by atoms with Gasteiger partial charge in [0.05, 0.1) is 6.33 Å². The minimum atomic E-state index is 1.15. The molecule has 52 valence electrons. The van der Waals surface area contributed by atoms with E-state index in [9.17, 15) is 0 Å². The van der Waals surface area contributed by atoms with Crippen LogP contribution in [0.2, 0.25) is 0 Å². The van der Waals surface area contributed by atoms with Gasteiger partial charge in [-0.1, -0.05) is 0 Å². The van der Waals surface area contributed by atoms with Crippen LogP contribution in [0, 0.1) is 6.92 Å². The zero-order valence-corrected chi connectivity index (χ0v) is 6.77. The monoisotopic (exact) mass is 152 g/mol. The Bertz CT molecular complexity index is 322. The Hall–Kier alpha value is -0.830. The van der Waals surface area contributed by atoms with Gasteiger partial charge in [-0.05, 0) is 17.9 Å². The average molecular weight is 152 g/mol. The Balaban J connectivity index is 2.95. The van der Waals surface area contributed by atoms with Gasteiger partial charge in [-0.3, -0.25) is 0 Å². The van der Waals surface area contributed by atoms with E-state index in [-0.39, 0.29) is 0 Å². The van der Waals surface area contributed by atoms with Gasteiger partial charge in [0.1, 0.15) is 10.3 Å². The number of hydrogen-bond donors (Lipinski definition) is 0. The zero-order chi connectivity index (χ0) is 7.14. The minimum Gasteiger partial charge on any atom is -0.325 e. The van der Waals surface area contributed by atoms with Crippen molar-refractivity contribution in [2.45, 2.75) is 6.92 Å². The number of aromatic nitrogens is 2. The lowest BCUT2D eigenvalue weighted by molar-refractivity contribution is 0.954. The molecule has 0 unspecified atom stereocenters. The fourth-order valence-electron chi connectivity index (χ4n) is 1.03. The summed E-state index contributed by atoms with van der Waals surface area (Å²) in [4.78, 5) is 5.51. The van der Waals surface area contributed by atoms with Crippen LogP contribution in [0.4, 0.5) is 0 Å². The summed E-state index contributed by atoms with van der Waals surface area (Å²) in [5.41, 5.74) is 2.42. The molecule has 0 saturated carbocycles. The number of nitrogens with zero attached hydrogens (tertiary/aromatic N) is 2. The molecular weight excluding hydrogens is 144 g/mol. The first-order chi connectivity index (χ1) is 4.79. The summed E-state index contributed by atoms with van der Waals surface area (Å²) in [6.07, 6.45) is 1.86. The summed E-state index contributed by atoms with van der Waals surface area (Å²) in [5.74, 6) is 0. The molecule has 2 heterocycles. The molecule has 0 radical (unpaired) electrons. The smallest absolute Gasteiger partial charge is 0.122 e. The molecule has 0 fully saturated rings. The quantitative estimate of drug-likeness (QED) is 0.564. The summed E-state index contributed by atoms with van der Waals surface area (Å²) in [6, 6.07) is 0. The zero-order valence-electron chi connectivity index (χ0n) is 5.96. The van der Waals surface area contributed by atoms with Gasteiger partial charge < -0.3 is 4.57 Å². The Kier molecular flexibility index (Phi) is 1.08. The van der Waals surface area contributed by atoms with Crippen LogP contribution in [0.15, 0.2) is 11.7 Å². The summed E-state index contributed by atoms with van der Waals surface area (Å²) in [7, 11) is 2.02. The van der Waals surface area contributed by atoms with E-state index in [0.29, 0.717) is 0 Å². The number of imidazole rings is 1. The fraction of sp³-hybridized carbons (Fsp3) is 0.286. The Morgan fingerprint density at radius 2 is 2.40 bits per heavy atom. The molecule has 0 amide bonds. The van der Waals surface area contributed by atoms with Crippen LogP contribution in [0.3, 0.4) is 0 Å². The molecule has 2 aromatic rings. The van der Waals surface area contributed by atoms with Crippen molar-refractivity contribution in [2.24, 2.45) is 7.05 Å². The van der Waals surface area contributed by atoms with E-state index in [1.165, 1.54) is 10.4 Å². The number of hydrogen-bond acceptors (Lipinski definition) is 2. The van der Waals surface area contributed by atoms with Crippen LogP contribution in [0.1, 0.15) is 5.56 Å². The van der Waals surface area contributed by atoms with Crippen LogP contribution in [0.25, 0.3) is 10.3 Å². The lowest BCUT2D eigenvalue weighted by atomic mass is 10.4. The normalized spacial score (nSPS) is 11.0. The van der Waals surface area contributed by atoms with Gasteiger partial charge >= 0.3 is 0 Å². The number of rotatable bonds is 0. The van der Waals surface area contributed by atoms with Crippen molar-refractivity contribution in [3.8, 4) is 0 Å². The lowest BCUT2D eigenvalue weighted by Crippen LogP contribution is -1.78. The van der Waals surface area contributed by atoms with E-state index < -0.39 is 0 Å². The second-order valence-electron chi connectivity index (χ2n) is 2.43. The summed E-state index contributed by atoms with van der Waals surface area (Å²) < 4.78 is 2.05. The van der Waals surface area contributed by atoms with E-state index in [2.05, 4.69) is 17.3 Å². The molecule has 0 saturated heterocycles. The molecule has 2 aromatic heterocycles. The molecule has 0 aliphatic carbocycles. The highest BCUT2D eigenvalue weighted by molar-refractivity contribution is 7.16. The fourth-order valence-corrected chi connectivity index (χ4v) is 1.97. The molecule has 2 nitrogen and oxygen atoms in total. The maximum Gasteiger partial charge on any atom is 0.122 e. The highest BCUT2D eigenvalue weighted by Gasteiger charge is 2.02. The van der Waals surface area contributed by atoms with Crippen molar-refractivity contribution in [1.82, 2.24) is 9.55 Å². The molecule has 0 N–H and O–H groups in total. The summed E-state index contributed by atoms with van der Waals surface area (Å²) >= 11 is 1.75. The van der Waals surface area contributed by atoms with Gasteiger partial charge in [-0.25, -0.2) is 4.98 Å². The third-order valence-corrected chi connectivity index (χ3v) is 2.78. The minimum absolute atomic E-state index is 1.15.